The maximum Gasteiger partial charge on any atom is 0.137 e. The van der Waals surface area contributed by atoms with Crippen LogP contribution in [0.4, 0.5) is 8.78 Å². The van der Waals surface area contributed by atoms with Crippen molar-refractivity contribution in [2.24, 2.45) is 5.92 Å². The number of rotatable bonds is 5. The lowest BCUT2D eigenvalue weighted by molar-refractivity contribution is -0.0479. The van der Waals surface area contributed by atoms with Gasteiger partial charge in [-0.15, -0.1) is 0 Å². The van der Waals surface area contributed by atoms with E-state index in [9.17, 15) is 13.9 Å². The summed E-state index contributed by atoms with van der Waals surface area (Å²) in [5, 5.41) is 15.0. The van der Waals surface area contributed by atoms with Crippen LogP contribution in [0.3, 0.4) is 0 Å². The van der Waals surface area contributed by atoms with Crippen molar-refractivity contribution in [2.45, 2.75) is 25.2 Å². The minimum atomic E-state index is -1.56. The van der Waals surface area contributed by atoms with Crippen LogP contribution in [0, 0.1) is 17.6 Å². The van der Waals surface area contributed by atoms with E-state index in [-0.39, 0.29) is 24.1 Å². The summed E-state index contributed by atoms with van der Waals surface area (Å²) in [5.74, 6) is -1.85. The lowest BCUT2D eigenvalue weighted by Gasteiger charge is -2.34. The molecule has 3 rings (SSSR count). The van der Waals surface area contributed by atoms with Gasteiger partial charge in [-0.3, -0.25) is 0 Å². The average molecular weight is 295 g/mol. The summed E-state index contributed by atoms with van der Waals surface area (Å²) in [6, 6.07) is 3.16. The first-order valence-electron chi connectivity index (χ1n) is 6.62. The second-order valence-corrected chi connectivity index (χ2v) is 5.30. The second kappa shape index (κ2) is 5.16. The summed E-state index contributed by atoms with van der Waals surface area (Å²) in [5.41, 5.74) is -1.53. The maximum atomic E-state index is 14.1. The molecule has 1 N–H and O–H groups in total. The largest absolute Gasteiger partial charge is 0.383 e. The van der Waals surface area contributed by atoms with Crippen molar-refractivity contribution in [3.05, 3.63) is 48.1 Å². The topological polar surface area (TPSA) is 63.5 Å². The fraction of sp³-hybridized carbons (Fsp3) is 0.429. The van der Waals surface area contributed by atoms with E-state index in [1.54, 1.807) is 6.92 Å². The number of nitrogens with zero attached hydrogens (tertiary/aromatic N) is 3. The van der Waals surface area contributed by atoms with Crippen molar-refractivity contribution in [1.82, 2.24) is 14.8 Å². The number of hydrogen-bond acceptors (Lipinski definition) is 4. The van der Waals surface area contributed by atoms with Gasteiger partial charge in [-0.2, -0.15) is 5.10 Å². The molecule has 0 amide bonds. The van der Waals surface area contributed by atoms with E-state index in [0.29, 0.717) is 6.61 Å². The molecule has 2 heterocycles. The Balaban J connectivity index is 2.01. The predicted octanol–water partition coefficient (Wildman–Crippen LogP) is 1.48. The zero-order valence-corrected chi connectivity index (χ0v) is 11.4. The fourth-order valence-corrected chi connectivity index (χ4v) is 2.53. The predicted molar refractivity (Wildman–Crippen MR) is 69.2 cm³/mol. The highest BCUT2D eigenvalue weighted by Crippen LogP contribution is 2.39. The van der Waals surface area contributed by atoms with Crippen molar-refractivity contribution in [3.8, 4) is 0 Å². The van der Waals surface area contributed by atoms with E-state index in [4.69, 9.17) is 4.74 Å². The van der Waals surface area contributed by atoms with Crippen LogP contribution in [0.25, 0.3) is 0 Å². The molecule has 5 nitrogen and oxygen atoms in total. The Morgan fingerprint density at radius 3 is 2.86 bits per heavy atom. The van der Waals surface area contributed by atoms with Gasteiger partial charge in [-0.1, -0.05) is 13.0 Å². The van der Waals surface area contributed by atoms with E-state index in [0.717, 1.165) is 12.1 Å². The molecule has 3 atom stereocenters. The highest BCUT2D eigenvalue weighted by Gasteiger charge is 2.47. The first-order valence-corrected chi connectivity index (χ1v) is 6.62. The molecule has 1 fully saturated rings. The van der Waals surface area contributed by atoms with Gasteiger partial charge >= 0.3 is 0 Å². The molecule has 21 heavy (non-hydrogen) atoms. The highest BCUT2D eigenvalue weighted by atomic mass is 19.1. The van der Waals surface area contributed by atoms with Crippen LogP contribution < -0.4 is 0 Å². The third-order valence-electron chi connectivity index (χ3n) is 3.94. The zero-order valence-electron chi connectivity index (χ0n) is 11.4. The molecule has 1 unspecified atom stereocenters. The summed E-state index contributed by atoms with van der Waals surface area (Å²) in [6.07, 6.45) is 2.62. The van der Waals surface area contributed by atoms with Gasteiger partial charge in [0.25, 0.3) is 0 Å². The number of epoxide rings is 1. The molecular weight excluding hydrogens is 280 g/mol. The lowest BCUT2D eigenvalue weighted by atomic mass is 9.80. The number of halogens is 2. The number of hydrogen-bond donors (Lipinski definition) is 1. The van der Waals surface area contributed by atoms with Gasteiger partial charge in [0, 0.05) is 17.5 Å². The molecule has 112 valence electrons. The molecule has 1 saturated heterocycles. The van der Waals surface area contributed by atoms with Gasteiger partial charge in [-0.05, 0) is 6.07 Å². The molecule has 1 aliphatic heterocycles. The Morgan fingerprint density at radius 1 is 1.52 bits per heavy atom. The third kappa shape index (κ3) is 2.66. The molecule has 0 bridgehead atoms. The molecule has 1 aromatic heterocycles. The van der Waals surface area contributed by atoms with Crippen LogP contribution in [0.5, 0.6) is 0 Å². The molecule has 1 aromatic carbocycles. The smallest absolute Gasteiger partial charge is 0.137 e. The van der Waals surface area contributed by atoms with Gasteiger partial charge in [0.1, 0.15) is 29.9 Å². The minimum Gasteiger partial charge on any atom is -0.383 e. The molecule has 0 aliphatic carbocycles. The van der Waals surface area contributed by atoms with Crippen molar-refractivity contribution >= 4 is 0 Å². The van der Waals surface area contributed by atoms with E-state index < -0.39 is 17.2 Å². The van der Waals surface area contributed by atoms with Crippen LogP contribution >= 0.6 is 0 Å². The molecule has 0 radical (unpaired) electrons. The molecule has 0 spiro atoms. The van der Waals surface area contributed by atoms with Gasteiger partial charge in [-0.25, -0.2) is 18.4 Å². The van der Waals surface area contributed by atoms with Crippen molar-refractivity contribution in [1.29, 1.82) is 0 Å². The fourth-order valence-electron chi connectivity index (χ4n) is 2.53. The molecule has 1 aliphatic rings. The van der Waals surface area contributed by atoms with Gasteiger partial charge in [0.15, 0.2) is 0 Å². The van der Waals surface area contributed by atoms with E-state index in [2.05, 4.69) is 10.1 Å². The first-order chi connectivity index (χ1) is 10.0. The Hall–Kier alpha value is -1.86. The Bertz CT molecular complexity index is 631. The highest BCUT2D eigenvalue weighted by molar-refractivity contribution is 5.26. The Morgan fingerprint density at radius 2 is 2.29 bits per heavy atom. The minimum absolute atomic E-state index is 0.0105. The summed E-state index contributed by atoms with van der Waals surface area (Å²) in [7, 11) is 0. The van der Waals surface area contributed by atoms with Crippen molar-refractivity contribution in [2.75, 3.05) is 6.61 Å². The first kappa shape index (κ1) is 14.1. The standard InChI is InChI=1S/C14H15F2N3O2/c1-9(13-5-21-13)14(20,6-19-8-17-7-18-19)11-3-2-10(15)4-12(11)16/h2-4,7-9,13,20H,5-6H2,1H3/t9-,13?,14+/m0/s1. The Kier molecular flexibility index (Phi) is 3.46. The lowest BCUT2D eigenvalue weighted by Crippen LogP contribution is -2.41. The van der Waals surface area contributed by atoms with E-state index in [1.165, 1.54) is 23.4 Å². The molecular formula is C14H15F2N3O2. The monoisotopic (exact) mass is 295 g/mol. The van der Waals surface area contributed by atoms with E-state index in [1.807, 2.05) is 0 Å². The SMILES string of the molecule is C[C@@H](C1CO1)[C@](O)(Cn1cncn1)c1ccc(F)cc1F. The molecule has 7 heteroatoms. The molecule has 2 aromatic rings. The number of aliphatic hydroxyl groups is 1. The summed E-state index contributed by atoms with van der Waals surface area (Å²) >= 11 is 0. The van der Waals surface area contributed by atoms with Gasteiger partial charge in [0.05, 0.1) is 19.3 Å². The van der Waals surface area contributed by atoms with Crippen LogP contribution in [0.2, 0.25) is 0 Å². The third-order valence-corrected chi connectivity index (χ3v) is 3.94. The zero-order chi connectivity index (χ0) is 15.0. The van der Waals surface area contributed by atoms with Crippen LogP contribution in [0.1, 0.15) is 12.5 Å². The van der Waals surface area contributed by atoms with Crippen LogP contribution in [0.15, 0.2) is 30.9 Å². The summed E-state index contributed by atoms with van der Waals surface area (Å²) in [6.45, 7) is 2.30. The normalized spacial score (nSPS) is 21.8. The summed E-state index contributed by atoms with van der Waals surface area (Å²) < 4.78 is 33.9. The van der Waals surface area contributed by atoms with E-state index >= 15 is 0 Å². The number of benzene rings is 1. The maximum absolute atomic E-state index is 14.1. The Labute approximate surface area is 120 Å². The average Bonchev–Trinajstić information content (AvgIpc) is 3.16. The number of aromatic nitrogens is 3. The second-order valence-electron chi connectivity index (χ2n) is 5.30. The molecule has 0 saturated carbocycles. The number of ether oxygens (including phenoxy) is 1. The van der Waals surface area contributed by atoms with Gasteiger partial charge in [0.2, 0.25) is 0 Å². The van der Waals surface area contributed by atoms with Crippen LogP contribution in [-0.2, 0) is 16.9 Å². The van der Waals surface area contributed by atoms with Crippen molar-refractivity contribution in [3.63, 3.8) is 0 Å². The van der Waals surface area contributed by atoms with Crippen LogP contribution in [-0.4, -0.2) is 32.6 Å². The summed E-state index contributed by atoms with van der Waals surface area (Å²) in [4.78, 5) is 3.81. The van der Waals surface area contributed by atoms with Crippen molar-refractivity contribution < 1.29 is 18.6 Å². The quantitative estimate of drug-likeness (QED) is 0.849. The van der Waals surface area contributed by atoms with Gasteiger partial charge < -0.3 is 9.84 Å².